The summed E-state index contributed by atoms with van der Waals surface area (Å²) in [6, 6.07) is 0. The van der Waals surface area contributed by atoms with Gasteiger partial charge in [-0.1, -0.05) is 144 Å². The van der Waals surface area contributed by atoms with Gasteiger partial charge in [-0.15, -0.1) is 0 Å². The molecular weight excluding hydrogens is 312 g/mol. The summed E-state index contributed by atoms with van der Waals surface area (Å²) in [6.45, 7) is 11.9. The fourth-order valence-corrected chi connectivity index (χ4v) is 4.95. The predicted octanol–water partition coefficient (Wildman–Crippen LogP) is 9.96. The number of hydrogen-bond donors (Lipinski definition) is 0. The Morgan fingerprint density at radius 3 is 1.15 bits per heavy atom. The monoisotopic (exact) mass is 366 g/mol. The van der Waals surface area contributed by atoms with E-state index in [9.17, 15) is 0 Å². The van der Waals surface area contributed by atoms with Gasteiger partial charge in [0.15, 0.2) is 0 Å². The van der Waals surface area contributed by atoms with Crippen LogP contribution in [0.25, 0.3) is 0 Å². The van der Waals surface area contributed by atoms with Gasteiger partial charge >= 0.3 is 0 Å². The van der Waals surface area contributed by atoms with Crippen molar-refractivity contribution >= 4 is 0 Å². The minimum absolute atomic E-state index is 0.994. The summed E-state index contributed by atoms with van der Waals surface area (Å²) < 4.78 is 0. The number of rotatable bonds is 20. The molecule has 2 unspecified atom stereocenters. The first kappa shape index (κ1) is 26.0. The zero-order valence-corrected chi connectivity index (χ0v) is 19.5. The quantitative estimate of drug-likeness (QED) is 0.188. The molecule has 0 fully saturated rings. The highest BCUT2D eigenvalue weighted by atomic mass is 14.3. The molecule has 0 bridgehead atoms. The molecule has 0 rings (SSSR count). The lowest BCUT2D eigenvalue weighted by Gasteiger charge is -2.34. The normalized spacial score (nSPS) is 15.1. The molecule has 0 heteroatoms. The van der Waals surface area contributed by atoms with E-state index in [1.807, 2.05) is 0 Å². The van der Waals surface area contributed by atoms with Crippen molar-refractivity contribution in [3.63, 3.8) is 0 Å². The minimum atomic E-state index is 0.994. The Hall–Kier alpha value is 0. The van der Waals surface area contributed by atoms with E-state index in [4.69, 9.17) is 0 Å². The van der Waals surface area contributed by atoms with Gasteiger partial charge in [0.1, 0.15) is 0 Å². The highest BCUT2D eigenvalue weighted by Crippen LogP contribution is 2.37. The van der Waals surface area contributed by atoms with Gasteiger partial charge in [0, 0.05) is 0 Å². The summed E-state index contributed by atoms with van der Waals surface area (Å²) in [5.74, 6) is 3.00. The Bertz CT molecular complexity index is 239. The maximum absolute atomic E-state index is 2.47. The molecule has 158 valence electrons. The molecule has 2 atom stereocenters. The molecule has 0 aliphatic heterocycles. The molecule has 0 aliphatic carbocycles. The van der Waals surface area contributed by atoms with E-state index in [0.29, 0.717) is 0 Å². The average molecular weight is 367 g/mol. The third-order valence-corrected chi connectivity index (χ3v) is 6.76. The van der Waals surface area contributed by atoms with E-state index in [1.165, 1.54) is 116 Å². The van der Waals surface area contributed by atoms with Crippen LogP contribution >= 0.6 is 0 Å². The molecule has 0 aromatic rings. The predicted molar refractivity (Wildman–Crippen MR) is 122 cm³/mol. The molecule has 0 spiro atoms. The van der Waals surface area contributed by atoms with Crippen molar-refractivity contribution in [2.75, 3.05) is 0 Å². The lowest BCUT2D eigenvalue weighted by molar-refractivity contribution is 0.169. The van der Waals surface area contributed by atoms with Crippen molar-refractivity contribution in [2.45, 2.75) is 150 Å². The molecule has 0 aromatic carbocycles. The third-order valence-electron chi connectivity index (χ3n) is 6.76. The van der Waals surface area contributed by atoms with Crippen LogP contribution in [0.2, 0.25) is 0 Å². The van der Waals surface area contributed by atoms with E-state index >= 15 is 0 Å². The van der Waals surface area contributed by atoms with Gasteiger partial charge in [0.05, 0.1) is 0 Å². The fraction of sp³-hybridized carbons (Fsp3) is 1.00. The van der Waals surface area contributed by atoms with Gasteiger partial charge in [-0.2, -0.15) is 0 Å². The maximum atomic E-state index is 2.47. The summed E-state index contributed by atoms with van der Waals surface area (Å²) in [6.07, 6.45) is 26.1. The number of unbranched alkanes of at least 4 members (excludes halogenated alkanes) is 10. The fourth-order valence-electron chi connectivity index (χ4n) is 4.95. The molecule has 0 amide bonds. The zero-order valence-electron chi connectivity index (χ0n) is 19.5. The smallest absolute Gasteiger partial charge is 0.0358 e. The molecule has 0 radical (unpaired) electrons. The van der Waals surface area contributed by atoms with Gasteiger partial charge in [-0.3, -0.25) is 0 Å². The highest BCUT2D eigenvalue weighted by molar-refractivity contribution is 4.77. The summed E-state index contributed by atoms with van der Waals surface area (Å²) in [5, 5.41) is 0. The van der Waals surface area contributed by atoms with Gasteiger partial charge in [0.2, 0.25) is 0 Å². The van der Waals surface area contributed by atoms with Gasteiger partial charge < -0.3 is 0 Å². The molecule has 0 N–H and O–H groups in total. The summed E-state index contributed by atoms with van der Waals surface area (Å²) in [4.78, 5) is 0. The van der Waals surface area contributed by atoms with Crippen molar-refractivity contribution in [3.05, 3.63) is 0 Å². The first-order chi connectivity index (χ1) is 12.7. The van der Waals surface area contributed by atoms with E-state index in [2.05, 4.69) is 34.6 Å². The van der Waals surface area contributed by atoms with Gasteiger partial charge in [-0.25, -0.2) is 0 Å². The first-order valence-electron chi connectivity index (χ1n) is 12.7. The minimum Gasteiger partial charge on any atom is -0.0654 e. The van der Waals surface area contributed by atoms with Crippen molar-refractivity contribution < 1.29 is 0 Å². The lowest BCUT2D eigenvalue weighted by atomic mass is 9.72. The average Bonchev–Trinajstić information content (AvgIpc) is 2.66. The molecule has 0 nitrogen and oxygen atoms in total. The van der Waals surface area contributed by atoms with Gasteiger partial charge in [0.25, 0.3) is 0 Å². The molecule has 0 saturated heterocycles. The molecular formula is C26H54. The Balaban J connectivity index is 4.52. The van der Waals surface area contributed by atoms with Crippen LogP contribution in [0.1, 0.15) is 150 Å². The van der Waals surface area contributed by atoms with Crippen LogP contribution < -0.4 is 0 Å². The highest BCUT2D eigenvalue weighted by Gasteiger charge is 2.26. The van der Waals surface area contributed by atoms with Crippen LogP contribution in [0, 0.1) is 17.8 Å². The van der Waals surface area contributed by atoms with E-state index in [0.717, 1.165) is 17.8 Å². The Morgan fingerprint density at radius 1 is 0.385 bits per heavy atom. The number of hydrogen-bond acceptors (Lipinski definition) is 0. The maximum Gasteiger partial charge on any atom is -0.0358 e. The summed E-state index contributed by atoms with van der Waals surface area (Å²) in [7, 11) is 0. The Kier molecular flexibility index (Phi) is 19.8. The molecule has 0 aromatic heterocycles. The third kappa shape index (κ3) is 13.2. The standard InChI is InChI=1S/C26H54/c1-6-11-14-15-16-17-20-23-26(24(9-4)21-18-12-7-2)25(10-5)22-19-13-8-3/h24-26H,6-23H2,1-5H3. The Morgan fingerprint density at radius 2 is 0.731 bits per heavy atom. The first-order valence-corrected chi connectivity index (χ1v) is 12.7. The van der Waals surface area contributed by atoms with Crippen molar-refractivity contribution in [1.29, 1.82) is 0 Å². The summed E-state index contributed by atoms with van der Waals surface area (Å²) in [5.41, 5.74) is 0. The Labute approximate surface area is 168 Å². The van der Waals surface area contributed by atoms with Crippen LogP contribution in [-0.2, 0) is 0 Å². The van der Waals surface area contributed by atoms with Crippen molar-refractivity contribution in [1.82, 2.24) is 0 Å². The van der Waals surface area contributed by atoms with Gasteiger partial charge in [-0.05, 0) is 24.2 Å². The van der Waals surface area contributed by atoms with Crippen LogP contribution in [0.5, 0.6) is 0 Å². The van der Waals surface area contributed by atoms with Crippen LogP contribution in [0.15, 0.2) is 0 Å². The largest absolute Gasteiger partial charge is 0.0654 e. The second kappa shape index (κ2) is 19.8. The van der Waals surface area contributed by atoms with Crippen LogP contribution in [-0.4, -0.2) is 0 Å². The van der Waals surface area contributed by atoms with Crippen molar-refractivity contribution in [2.24, 2.45) is 17.8 Å². The van der Waals surface area contributed by atoms with Crippen LogP contribution in [0.3, 0.4) is 0 Å². The van der Waals surface area contributed by atoms with E-state index in [1.54, 1.807) is 0 Å². The summed E-state index contributed by atoms with van der Waals surface area (Å²) >= 11 is 0. The zero-order chi connectivity index (χ0) is 19.5. The topological polar surface area (TPSA) is 0 Å². The second-order valence-corrected chi connectivity index (χ2v) is 8.90. The SMILES string of the molecule is CCCCCCCCCC(C(CC)CCCCC)C(CC)CCCCC. The molecule has 0 saturated carbocycles. The van der Waals surface area contributed by atoms with E-state index < -0.39 is 0 Å². The molecule has 0 heterocycles. The molecule has 0 aliphatic rings. The lowest BCUT2D eigenvalue weighted by Crippen LogP contribution is -2.24. The molecule has 26 heavy (non-hydrogen) atoms. The second-order valence-electron chi connectivity index (χ2n) is 8.90. The van der Waals surface area contributed by atoms with E-state index in [-0.39, 0.29) is 0 Å². The van der Waals surface area contributed by atoms with Crippen LogP contribution in [0.4, 0.5) is 0 Å². The van der Waals surface area contributed by atoms with Crippen molar-refractivity contribution in [3.8, 4) is 0 Å².